The number of hydrogen-bond donors (Lipinski definition) is 1. The molecule has 3 rings (SSSR count). The molecule has 0 aromatic carbocycles. The Labute approximate surface area is 98.5 Å². The zero-order valence-corrected chi connectivity index (χ0v) is 9.21. The molecule has 4 heteroatoms. The van der Waals surface area contributed by atoms with Crippen molar-refractivity contribution in [1.82, 2.24) is 9.55 Å². The Kier molecular flexibility index (Phi) is 2.21. The van der Waals surface area contributed by atoms with Crippen LogP contribution in [0.2, 0.25) is 0 Å². The summed E-state index contributed by atoms with van der Waals surface area (Å²) in [4.78, 5) is 15.2. The molecule has 0 amide bonds. The first-order valence-corrected chi connectivity index (χ1v) is 5.60. The highest BCUT2D eigenvalue weighted by Gasteiger charge is 2.27. The number of carbonyl (C=O) groups is 1. The number of aromatic carboxylic acids is 1. The van der Waals surface area contributed by atoms with E-state index in [4.69, 9.17) is 5.11 Å². The Morgan fingerprint density at radius 3 is 3.06 bits per heavy atom. The van der Waals surface area contributed by atoms with Gasteiger partial charge in [-0.15, -0.1) is 0 Å². The minimum atomic E-state index is -0.842. The molecule has 0 bridgehead atoms. The quantitative estimate of drug-likeness (QED) is 0.856. The van der Waals surface area contributed by atoms with Crippen molar-refractivity contribution in [1.29, 1.82) is 0 Å². The van der Waals surface area contributed by atoms with Crippen LogP contribution in [0.25, 0.3) is 0 Å². The summed E-state index contributed by atoms with van der Waals surface area (Å²) < 4.78 is 2.06. The number of aromatic nitrogens is 2. The van der Waals surface area contributed by atoms with Crippen molar-refractivity contribution in [3.8, 4) is 0 Å². The summed E-state index contributed by atoms with van der Waals surface area (Å²) in [5, 5.41) is 9.07. The topological polar surface area (TPSA) is 55.1 Å². The molecule has 2 aromatic heterocycles. The lowest BCUT2D eigenvalue weighted by Crippen LogP contribution is -2.05. The van der Waals surface area contributed by atoms with Crippen LogP contribution in [0.5, 0.6) is 0 Å². The molecular weight excluding hydrogens is 216 g/mol. The molecule has 1 unspecified atom stereocenters. The van der Waals surface area contributed by atoms with E-state index in [1.54, 1.807) is 12.3 Å². The molecule has 0 saturated carbocycles. The molecule has 1 atom stereocenters. The number of rotatable bonds is 2. The average Bonchev–Trinajstić information content (AvgIpc) is 2.89. The SMILES string of the molecule is O=C(O)c1ccn2c1CCC2c1cccnc1. The fraction of sp³-hybridized carbons (Fsp3) is 0.231. The third-order valence-corrected chi connectivity index (χ3v) is 3.31. The standard InChI is InChI=1S/C13H12N2O2/c16-13(17)10-5-7-15-11(3-4-12(10)15)9-2-1-6-14-8-9/h1-2,5-8,11H,3-4H2,(H,16,17). The van der Waals surface area contributed by atoms with Gasteiger partial charge in [0.25, 0.3) is 0 Å². The Morgan fingerprint density at radius 1 is 1.47 bits per heavy atom. The van der Waals surface area contributed by atoms with Gasteiger partial charge in [0.1, 0.15) is 0 Å². The molecule has 2 aromatic rings. The fourth-order valence-corrected chi connectivity index (χ4v) is 2.54. The maximum atomic E-state index is 11.0. The first kappa shape index (κ1) is 10.1. The molecule has 0 spiro atoms. The first-order valence-electron chi connectivity index (χ1n) is 5.60. The third kappa shape index (κ3) is 1.53. The Balaban J connectivity index is 2.03. The predicted molar refractivity (Wildman–Crippen MR) is 62.1 cm³/mol. The number of hydrogen-bond acceptors (Lipinski definition) is 2. The van der Waals surface area contributed by atoms with Crippen molar-refractivity contribution < 1.29 is 9.90 Å². The highest BCUT2D eigenvalue weighted by molar-refractivity contribution is 5.89. The summed E-state index contributed by atoms with van der Waals surface area (Å²) in [7, 11) is 0. The van der Waals surface area contributed by atoms with Gasteiger partial charge in [0.2, 0.25) is 0 Å². The van der Waals surface area contributed by atoms with Gasteiger partial charge in [-0.1, -0.05) is 6.07 Å². The molecule has 0 saturated heterocycles. The van der Waals surface area contributed by atoms with Gasteiger partial charge in [0, 0.05) is 24.3 Å². The van der Waals surface area contributed by atoms with Crippen molar-refractivity contribution >= 4 is 5.97 Å². The lowest BCUT2D eigenvalue weighted by Gasteiger charge is -2.12. The van der Waals surface area contributed by atoms with Gasteiger partial charge in [-0.25, -0.2) is 4.79 Å². The number of carboxylic acids is 1. The monoisotopic (exact) mass is 228 g/mol. The zero-order chi connectivity index (χ0) is 11.8. The molecule has 3 heterocycles. The minimum Gasteiger partial charge on any atom is -0.478 e. The maximum Gasteiger partial charge on any atom is 0.337 e. The van der Waals surface area contributed by atoms with Crippen molar-refractivity contribution in [3.05, 3.63) is 53.6 Å². The van der Waals surface area contributed by atoms with E-state index in [-0.39, 0.29) is 6.04 Å². The summed E-state index contributed by atoms with van der Waals surface area (Å²) in [5.74, 6) is -0.842. The van der Waals surface area contributed by atoms with E-state index < -0.39 is 5.97 Å². The predicted octanol–water partition coefficient (Wildman–Crippen LogP) is 2.12. The van der Waals surface area contributed by atoms with Crippen LogP contribution in [0.4, 0.5) is 0 Å². The zero-order valence-electron chi connectivity index (χ0n) is 9.21. The van der Waals surface area contributed by atoms with Gasteiger partial charge in [-0.3, -0.25) is 4.98 Å². The Morgan fingerprint density at radius 2 is 2.35 bits per heavy atom. The Bertz CT molecular complexity index is 560. The smallest absolute Gasteiger partial charge is 0.337 e. The second kappa shape index (κ2) is 3.73. The highest BCUT2D eigenvalue weighted by Crippen LogP contribution is 2.33. The van der Waals surface area contributed by atoms with E-state index in [2.05, 4.69) is 9.55 Å². The fourth-order valence-electron chi connectivity index (χ4n) is 2.54. The van der Waals surface area contributed by atoms with Crippen molar-refractivity contribution in [2.45, 2.75) is 18.9 Å². The van der Waals surface area contributed by atoms with Gasteiger partial charge in [-0.2, -0.15) is 0 Å². The molecule has 0 radical (unpaired) electrons. The van der Waals surface area contributed by atoms with Crippen LogP contribution in [-0.2, 0) is 6.42 Å². The lowest BCUT2D eigenvalue weighted by molar-refractivity contribution is 0.0696. The number of nitrogens with zero attached hydrogens (tertiary/aromatic N) is 2. The number of pyridine rings is 1. The van der Waals surface area contributed by atoms with E-state index in [9.17, 15) is 4.79 Å². The molecular formula is C13H12N2O2. The molecule has 17 heavy (non-hydrogen) atoms. The molecule has 1 aliphatic heterocycles. The van der Waals surface area contributed by atoms with E-state index >= 15 is 0 Å². The summed E-state index contributed by atoms with van der Waals surface area (Å²) in [6.45, 7) is 0. The van der Waals surface area contributed by atoms with Crippen LogP contribution in [0, 0.1) is 0 Å². The molecule has 0 fully saturated rings. The maximum absolute atomic E-state index is 11.0. The lowest BCUT2D eigenvalue weighted by atomic mass is 10.1. The largest absolute Gasteiger partial charge is 0.478 e. The molecule has 86 valence electrons. The minimum absolute atomic E-state index is 0.229. The van der Waals surface area contributed by atoms with Gasteiger partial charge in [0.15, 0.2) is 0 Å². The van der Waals surface area contributed by atoms with Crippen molar-refractivity contribution in [2.75, 3.05) is 0 Å². The van der Waals surface area contributed by atoms with Gasteiger partial charge < -0.3 is 9.67 Å². The van der Waals surface area contributed by atoms with Gasteiger partial charge >= 0.3 is 5.97 Å². The molecule has 1 aliphatic rings. The van der Waals surface area contributed by atoms with E-state index in [0.29, 0.717) is 5.56 Å². The van der Waals surface area contributed by atoms with Crippen LogP contribution in [0.3, 0.4) is 0 Å². The number of carboxylic acid groups (broad SMARTS) is 1. The summed E-state index contributed by atoms with van der Waals surface area (Å²) >= 11 is 0. The normalized spacial score (nSPS) is 18.0. The highest BCUT2D eigenvalue weighted by atomic mass is 16.4. The second-order valence-corrected chi connectivity index (χ2v) is 4.23. The number of fused-ring (bicyclic) bond motifs is 1. The average molecular weight is 228 g/mol. The van der Waals surface area contributed by atoms with Crippen LogP contribution in [-0.4, -0.2) is 20.6 Å². The first-order chi connectivity index (χ1) is 8.27. The molecule has 1 N–H and O–H groups in total. The van der Waals surface area contributed by atoms with Crippen LogP contribution in [0.1, 0.15) is 34.1 Å². The van der Waals surface area contributed by atoms with E-state index in [1.165, 1.54) is 0 Å². The van der Waals surface area contributed by atoms with Crippen molar-refractivity contribution in [3.63, 3.8) is 0 Å². The van der Waals surface area contributed by atoms with Crippen LogP contribution < -0.4 is 0 Å². The summed E-state index contributed by atoms with van der Waals surface area (Å²) in [6, 6.07) is 5.86. The van der Waals surface area contributed by atoms with E-state index in [1.807, 2.05) is 24.5 Å². The van der Waals surface area contributed by atoms with Gasteiger partial charge in [-0.05, 0) is 30.5 Å². The van der Waals surface area contributed by atoms with Crippen LogP contribution >= 0.6 is 0 Å². The van der Waals surface area contributed by atoms with Crippen LogP contribution in [0.15, 0.2) is 36.8 Å². The Hall–Kier alpha value is -2.10. The third-order valence-electron chi connectivity index (χ3n) is 3.31. The molecule has 4 nitrogen and oxygen atoms in total. The second-order valence-electron chi connectivity index (χ2n) is 4.23. The van der Waals surface area contributed by atoms with Crippen molar-refractivity contribution in [2.24, 2.45) is 0 Å². The summed E-state index contributed by atoms with van der Waals surface area (Å²) in [6.07, 6.45) is 7.22. The van der Waals surface area contributed by atoms with E-state index in [0.717, 1.165) is 24.1 Å². The molecule has 0 aliphatic carbocycles. The summed E-state index contributed by atoms with van der Waals surface area (Å²) in [5.41, 5.74) is 2.49. The van der Waals surface area contributed by atoms with Gasteiger partial charge in [0.05, 0.1) is 11.6 Å².